The molecule has 0 aliphatic carbocycles. The van der Waals surface area contributed by atoms with Crippen LogP contribution in [0.2, 0.25) is 0 Å². The van der Waals surface area contributed by atoms with E-state index in [0.717, 1.165) is 5.56 Å². The zero-order valence-electron chi connectivity index (χ0n) is 7.42. The molecule has 1 rings (SSSR count). The van der Waals surface area contributed by atoms with Gasteiger partial charge < -0.3 is 5.48 Å². The first-order valence-corrected chi connectivity index (χ1v) is 3.74. The second-order valence-corrected chi connectivity index (χ2v) is 2.81. The van der Waals surface area contributed by atoms with E-state index in [9.17, 15) is 4.79 Å². The Morgan fingerprint density at radius 2 is 1.92 bits per heavy atom. The summed E-state index contributed by atoms with van der Waals surface area (Å²) in [7, 11) is 0. The normalized spacial score (nSPS) is 8.83. The number of aryl methyl sites for hydroxylation is 1. The molecule has 0 atom stereocenters. The minimum atomic E-state index is 0. The predicted molar refractivity (Wildman–Crippen MR) is 49.2 cm³/mol. The van der Waals surface area contributed by atoms with Gasteiger partial charge in [0.05, 0.1) is 0 Å². The minimum absolute atomic E-state index is 0. The van der Waals surface area contributed by atoms with Crippen molar-refractivity contribution in [2.45, 2.75) is 20.3 Å². The lowest BCUT2D eigenvalue weighted by molar-refractivity contribution is -0.116. The third-order valence-electron chi connectivity index (χ3n) is 1.70. The molecule has 0 unspecified atom stereocenters. The second-order valence-electron chi connectivity index (χ2n) is 2.81. The third-order valence-corrected chi connectivity index (χ3v) is 1.70. The van der Waals surface area contributed by atoms with Crippen LogP contribution in [0.3, 0.4) is 0 Å². The fourth-order valence-electron chi connectivity index (χ4n) is 1.08. The van der Waals surface area contributed by atoms with E-state index in [1.807, 2.05) is 31.2 Å². The van der Waals surface area contributed by atoms with Crippen molar-refractivity contribution in [3.05, 3.63) is 35.4 Å². The topological polar surface area (TPSA) is 48.6 Å². The molecule has 2 nitrogen and oxygen atoms in total. The maximum atomic E-state index is 10.8. The lowest BCUT2D eigenvalue weighted by Crippen LogP contribution is -1.97. The minimum Gasteiger partial charge on any atom is -0.412 e. The van der Waals surface area contributed by atoms with Gasteiger partial charge in [0.1, 0.15) is 5.78 Å². The molecule has 0 heterocycles. The Morgan fingerprint density at radius 3 is 2.42 bits per heavy atom. The Bertz CT molecular complexity index is 266. The molecule has 0 amide bonds. The number of ketones is 1. The molecule has 1 aromatic rings. The van der Waals surface area contributed by atoms with Gasteiger partial charge in [-0.1, -0.05) is 24.3 Å². The Labute approximate surface area is 72.5 Å². The Morgan fingerprint density at radius 1 is 1.33 bits per heavy atom. The first-order chi connectivity index (χ1) is 5.20. The number of carbonyl (C=O) groups is 1. The molecule has 0 fully saturated rings. The summed E-state index contributed by atoms with van der Waals surface area (Å²) in [6.07, 6.45) is 0.562. The number of hydrogen-bond acceptors (Lipinski definition) is 1. The van der Waals surface area contributed by atoms with Gasteiger partial charge in [-0.05, 0) is 25.0 Å². The molecule has 0 saturated heterocycles. The molecule has 66 valence electrons. The van der Waals surface area contributed by atoms with Crippen molar-refractivity contribution in [2.24, 2.45) is 0 Å². The number of benzene rings is 1. The average Bonchev–Trinajstić information content (AvgIpc) is 1.93. The highest BCUT2D eigenvalue weighted by Crippen LogP contribution is 2.07. The molecule has 0 spiro atoms. The fraction of sp³-hybridized carbons (Fsp3) is 0.300. The largest absolute Gasteiger partial charge is 0.412 e. The van der Waals surface area contributed by atoms with Gasteiger partial charge in [0.25, 0.3) is 0 Å². The molecule has 0 bridgehead atoms. The fourth-order valence-corrected chi connectivity index (χ4v) is 1.08. The number of rotatable bonds is 2. The van der Waals surface area contributed by atoms with Crippen LogP contribution in [0.4, 0.5) is 0 Å². The van der Waals surface area contributed by atoms with Gasteiger partial charge in [0.15, 0.2) is 0 Å². The molecule has 0 radical (unpaired) electrons. The average molecular weight is 166 g/mol. The summed E-state index contributed by atoms with van der Waals surface area (Å²) < 4.78 is 0. The zero-order chi connectivity index (χ0) is 8.27. The first-order valence-electron chi connectivity index (χ1n) is 3.74. The molecule has 2 heteroatoms. The smallest absolute Gasteiger partial charge is 0.134 e. The standard InChI is InChI=1S/C10H12O.H2O/c1-8-5-3-4-6-10(8)7-9(2)11;/h3-6H,7H2,1-2H3;1H2. The van der Waals surface area contributed by atoms with Crippen LogP contribution in [0.5, 0.6) is 0 Å². The molecule has 2 N–H and O–H groups in total. The van der Waals surface area contributed by atoms with E-state index in [1.165, 1.54) is 5.56 Å². The summed E-state index contributed by atoms with van der Waals surface area (Å²) in [5, 5.41) is 0. The van der Waals surface area contributed by atoms with Gasteiger partial charge >= 0.3 is 0 Å². The van der Waals surface area contributed by atoms with Gasteiger partial charge in [-0.3, -0.25) is 4.79 Å². The van der Waals surface area contributed by atoms with Gasteiger partial charge in [-0.25, -0.2) is 0 Å². The monoisotopic (exact) mass is 166 g/mol. The second kappa shape index (κ2) is 4.67. The van der Waals surface area contributed by atoms with Gasteiger partial charge in [0.2, 0.25) is 0 Å². The summed E-state index contributed by atoms with van der Waals surface area (Å²) in [4.78, 5) is 10.8. The van der Waals surface area contributed by atoms with Crippen LogP contribution in [0, 0.1) is 6.92 Å². The van der Waals surface area contributed by atoms with Crippen LogP contribution in [-0.2, 0) is 11.2 Å². The molecule has 0 aliphatic rings. The van der Waals surface area contributed by atoms with E-state index in [1.54, 1.807) is 6.92 Å². The van der Waals surface area contributed by atoms with E-state index >= 15 is 0 Å². The highest BCUT2D eigenvalue weighted by atomic mass is 16.1. The third kappa shape index (κ3) is 2.84. The lowest BCUT2D eigenvalue weighted by Gasteiger charge is -2.00. The van der Waals surface area contributed by atoms with Crippen molar-refractivity contribution in [1.82, 2.24) is 0 Å². The zero-order valence-corrected chi connectivity index (χ0v) is 7.42. The Balaban J connectivity index is 0.00000121. The van der Waals surface area contributed by atoms with E-state index in [-0.39, 0.29) is 11.3 Å². The quantitative estimate of drug-likeness (QED) is 0.653. The molecular weight excluding hydrogens is 152 g/mol. The lowest BCUT2D eigenvalue weighted by atomic mass is 10.0. The summed E-state index contributed by atoms with van der Waals surface area (Å²) in [6, 6.07) is 7.97. The summed E-state index contributed by atoms with van der Waals surface area (Å²) in [5.74, 6) is 0.222. The Hall–Kier alpha value is -1.15. The van der Waals surface area contributed by atoms with Crippen LogP contribution in [0.25, 0.3) is 0 Å². The van der Waals surface area contributed by atoms with Crippen molar-refractivity contribution in [3.8, 4) is 0 Å². The molecule has 0 saturated carbocycles. The van der Waals surface area contributed by atoms with E-state index in [2.05, 4.69) is 0 Å². The number of carbonyl (C=O) groups excluding carboxylic acids is 1. The van der Waals surface area contributed by atoms with Crippen molar-refractivity contribution in [3.63, 3.8) is 0 Å². The van der Waals surface area contributed by atoms with Gasteiger partial charge in [-0.15, -0.1) is 0 Å². The first kappa shape index (κ1) is 10.8. The predicted octanol–water partition coefficient (Wildman–Crippen LogP) is 1.30. The van der Waals surface area contributed by atoms with Gasteiger partial charge in [0, 0.05) is 6.42 Å². The van der Waals surface area contributed by atoms with Crippen molar-refractivity contribution < 1.29 is 10.3 Å². The van der Waals surface area contributed by atoms with Crippen molar-refractivity contribution >= 4 is 5.78 Å². The number of hydrogen-bond donors (Lipinski definition) is 0. The van der Waals surface area contributed by atoms with Crippen LogP contribution in [-0.4, -0.2) is 11.3 Å². The SMILES string of the molecule is CC(=O)Cc1ccccc1C.O. The van der Waals surface area contributed by atoms with Crippen molar-refractivity contribution in [2.75, 3.05) is 0 Å². The van der Waals surface area contributed by atoms with Crippen LogP contribution in [0.1, 0.15) is 18.1 Å². The molecule has 12 heavy (non-hydrogen) atoms. The maximum Gasteiger partial charge on any atom is 0.134 e. The highest BCUT2D eigenvalue weighted by molar-refractivity contribution is 5.78. The van der Waals surface area contributed by atoms with Crippen LogP contribution in [0.15, 0.2) is 24.3 Å². The van der Waals surface area contributed by atoms with Crippen LogP contribution < -0.4 is 0 Å². The van der Waals surface area contributed by atoms with Crippen molar-refractivity contribution in [1.29, 1.82) is 0 Å². The highest BCUT2D eigenvalue weighted by Gasteiger charge is 1.98. The van der Waals surface area contributed by atoms with Crippen LogP contribution >= 0.6 is 0 Å². The van der Waals surface area contributed by atoms with Gasteiger partial charge in [-0.2, -0.15) is 0 Å². The summed E-state index contributed by atoms with van der Waals surface area (Å²) in [6.45, 7) is 3.64. The molecule has 1 aromatic carbocycles. The number of Topliss-reactive ketones (excluding diaryl/α,β-unsaturated/α-hetero) is 1. The molecular formula is C10H14O2. The molecule has 0 aromatic heterocycles. The summed E-state index contributed by atoms with van der Waals surface area (Å²) >= 11 is 0. The Kier molecular flexibility index (Phi) is 4.22. The summed E-state index contributed by atoms with van der Waals surface area (Å²) in [5.41, 5.74) is 2.34. The van der Waals surface area contributed by atoms with E-state index in [0.29, 0.717) is 6.42 Å². The maximum absolute atomic E-state index is 10.8. The van der Waals surface area contributed by atoms with E-state index in [4.69, 9.17) is 0 Å². The van der Waals surface area contributed by atoms with E-state index < -0.39 is 0 Å². The molecule has 0 aliphatic heterocycles.